The SMILES string of the molecule is C=CCOc1ccc(C(=O)NCCOc2ccc(S(=O)(=O)N(C)C)cc2)cc1. The van der Waals surface area contributed by atoms with Crippen LogP contribution in [0.4, 0.5) is 0 Å². The van der Waals surface area contributed by atoms with Crippen LogP contribution in [-0.4, -0.2) is 52.5 Å². The third-order valence-electron chi connectivity index (χ3n) is 3.74. The number of carbonyl (C=O) groups is 1. The summed E-state index contributed by atoms with van der Waals surface area (Å²) >= 11 is 0. The molecule has 0 aromatic heterocycles. The molecule has 8 heteroatoms. The van der Waals surface area contributed by atoms with Crippen molar-refractivity contribution in [3.63, 3.8) is 0 Å². The molecule has 0 aliphatic carbocycles. The fourth-order valence-corrected chi connectivity index (χ4v) is 3.11. The van der Waals surface area contributed by atoms with Crippen molar-refractivity contribution in [2.45, 2.75) is 4.90 Å². The Bertz CT molecular complexity index is 891. The van der Waals surface area contributed by atoms with Gasteiger partial charge in [-0.2, -0.15) is 0 Å². The van der Waals surface area contributed by atoms with Gasteiger partial charge in [0.15, 0.2) is 0 Å². The number of hydrogen-bond donors (Lipinski definition) is 1. The molecule has 0 heterocycles. The van der Waals surface area contributed by atoms with Crippen LogP contribution in [0.5, 0.6) is 11.5 Å². The number of rotatable bonds is 10. The van der Waals surface area contributed by atoms with Crippen molar-refractivity contribution in [3.8, 4) is 11.5 Å². The molecular weight excluding hydrogens is 380 g/mol. The van der Waals surface area contributed by atoms with Gasteiger partial charge in [-0.1, -0.05) is 12.7 Å². The van der Waals surface area contributed by atoms with E-state index in [1.165, 1.54) is 26.2 Å². The summed E-state index contributed by atoms with van der Waals surface area (Å²) in [5, 5.41) is 2.76. The molecule has 0 aliphatic heterocycles. The summed E-state index contributed by atoms with van der Waals surface area (Å²) in [6.45, 7) is 4.55. The molecule has 0 spiro atoms. The second-order valence-electron chi connectivity index (χ2n) is 5.99. The van der Waals surface area contributed by atoms with Gasteiger partial charge in [0.05, 0.1) is 11.4 Å². The number of nitrogens with one attached hydrogen (secondary N) is 1. The maximum atomic E-state index is 12.1. The summed E-state index contributed by atoms with van der Waals surface area (Å²) in [5.41, 5.74) is 0.518. The zero-order chi connectivity index (χ0) is 20.6. The molecule has 0 radical (unpaired) electrons. The molecule has 0 atom stereocenters. The molecular formula is C20H24N2O5S. The largest absolute Gasteiger partial charge is 0.492 e. The Morgan fingerprint density at radius 1 is 1.04 bits per heavy atom. The molecule has 150 valence electrons. The van der Waals surface area contributed by atoms with E-state index in [9.17, 15) is 13.2 Å². The van der Waals surface area contributed by atoms with Crippen molar-refractivity contribution >= 4 is 15.9 Å². The summed E-state index contributed by atoms with van der Waals surface area (Å²) in [6.07, 6.45) is 1.65. The van der Waals surface area contributed by atoms with E-state index >= 15 is 0 Å². The summed E-state index contributed by atoms with van der Waals surface area (Å²) < 4.78 is 36.1. The molecule has 0 fully saturated rings. The van der Waals surface area contributed by atoms with Crippen LogP contribution in [0, 0.1) is 0 Å². The lowest BCUT2D eigenvalue weighted by molar-refractivity contribution is 0.0947. The van der Waals surface area contributed by atoms with Gasteiger partial charge in [0, 0.05) is 19.7 Å². The number of sulfonamides is 1. The van der Waals surface area contributed by atoms with E-state index in [0.717, 1.165) is 4.31 Å². The first-order chi connectivity index (χ1) is 13.3. The molecule has 1 N–H and O–H groups in total. The Balaban J connectivity index is 1.79. The van der Waals surface area contributed by atoms with E-state index in [4.69, 9.17) is 9.47 Å². The third kappa shape index (κ3) is 5.83. The topological polar surface area (TPSA) is 84.9 Å². The van der Waals surface area contributed by atoms with Crippen LogP contribution in [0.1, 0.15) is 10.4 Å². The Kier molecular flexibility index (Phi) is 7.60. The summed E-state index contributed by atoms with van der Waals surface area (Å²) in [5.74, 6) is 0.974. The fraction of sp³-hybridized carbons (Fsp3) is 0.250. The van der Waals surface area contributed by atoms with E-state index in [0.29, 0.717) is 30.2 Å². The van der Waals surface area contributed by atoms with E-state index in [-0.39, 0.29) is 17.4 Å². The lowest BCUT2D eigenvalue weighted by atomic mass is 10.2. The minimum atomic E-state index is -3.46. The highest BCUT2D eigenvalue weighted by Crippen LogP contribution is 2.18. The number of amides is 1. The minimum Gasteiger partial charge on any atom is -0.492 e. The lowest BCUT2D eigenvalue weighted by Crippen LogP contribution is -2.28. The van der Waals surface area contributed by atoms with Crippen molar-refractivity contribution in [3.05, 3.63) is 66.7 Å². The number of carbonyl (C=O) groups excluding carboxylic acids is 1. The fourth-order valence-electron chi connectivity index (χ4n) is 2.21. The van der Waals surface area contributed by atoms with E-state index in [1.807, 2.05) is 0 Å². The van der Waals surface area contributed by atoms with Crippen LogP contribution < -0.4 is 14.8 Å². The van der Waals surface area contributed by atoms with Crippen molar-refractivity contribution < 1.29 is 22.7 Å². The highest BCUT2D eigenvalue weighted by Gasteiger charge is 2.16. The zero-order valence-electron chi connectivity index (χ0n) is 15.9. The molecule has 0 unspecified atom stereocenters. The average molecular weight is 404 g/mol. The van der Waals surface area contributed by atoms with Gasteiger partial charge in [0.2, 0.25) is 10.0 Å². The predicted octanol–water partition coefficient (Wildman–Crippen LogP) is 2.31. The molecule has 28 heavy (non-hydrogen) atoms. The molecule has 2 rings (SSSR count). The molecule has 0 saturated heterocycles. The van der Waals surface area contributed by atoms with Crippen LogP contribution in [0.3, 0.4) is 0 Å². The number of benzene rings is 2. The highest BCUT2D eigenvalue weighted by atomic mass is 32.2. The highest BCUT2D eigenvalue weighted by molar-refractivity contribution is 7.89. The zero-order valence-corrected chi connectivity index (χ0v) is 16.7. The van der Waals surface area contributed by atoms with Gasteiger partial charge in [-0.15, -0.1) is 0 Å². The normalized spacial score (nSPS) is 11.1. The standard InChI is InChI=1S/C20H24N2O5S/c1-4-14-26-17-7-5-16(6-8-17)20(23)21-13-15-27-18-9-11-19(12-10-18)28(24,25)22(2)3/h4-12H,1,13-15H2,2-3H3,(H,21,23). The Labute approximate surface area is 165 Å². The van der Waals surface area contributed by atoms with Crippen LogP contribution >= 0.6 is 0 Å². The van der Waals surface area contributed by atoms with Crippen molar-refractivity contribution in [2.75, 3.05) is 33.9 Å². The smallest absolute Gasteiger partial charge is 0.251 e. The summed E-state index contributed by atoms with van der Waals surface area (Å²) in [7, 11) is -0.509. The molecule has 0 bridgehead atoms. The quantitative estimate of drug-likeness (QED) is 0.485. The Hall–Kier alpha value is -2.84. The minimum absolute atomic E-state index is 0.193. The summed E-state index contributed by atoms with van der Waals surface area (Å²) in [4.78, 5) is 12.3. The van der Waals surface area contributed by atoms with Crippen LogP contribution in [0.15, 0.2) is 66.1 Å². The van der Waals surface area contributed by atoms with Gasteiger partial charge in [-0.05, 0) is 48.5 Å². The van der Waals surface area contributed by atoms with E-state index in [2.05, 4.69) is 11.9 Å². The van der Waals surface area contributed by atoms with Gasteiger partial charge < -0.3 is 14.8 Å². The predicted molar refractivity (Wildman–Crippen MR) is 107 cm³/mol. The van der Waals surface area contributed by atoms with Crippen LogP contribution in [0.2, 0.25) is 0 Å². The van der Waals surface area contributed by atoms with E-state index < -0.39 is 10.0 Å². The first-order valence-electron chi connectivity index (χ1n) is 8.62. The van der Waals surface area contributed by atoms with Crippen molar-refractivity contribution in [1.29, 1.82) is 0 Å². The first kappa shape index (κ1) is 21.5. The Morgan fingerprint density at radius 3 is 2.18 bits per heavy atom. The average Bonchev–Trinajstić information content (AvgIpc) is 2.70. The molecule has 7 nitrogen and oxygen atoms in total. The van der Waals surface area contributed by atoms with E-state index in [1.54, 1.807) is 42.5 Å². The molecule has 2 aromatic rings. The van der Waals surface area contributed by atoms with Gasteiger partial charge in [-0.3, -0.25) is 4.79 Å². The number of nitrogens with zero attached hydrogens (tertiary/aromatic N) is 1. The maximum absolute atomic E-state index is 12.1. The number of hydrogen-bond acceptors (Lipinski definition) is 5. The van der Waals surface area contributed by atoms with Crippen molar-refractivity contribution in [1.82, 2.24) is 9.62 Å². The third-order valence-corrected chi connectivity index (χ3v) is 5.57. The van der Waals surface area contributed by atoms with Gasteiger partial charge in [0.25, 0.3) is 5.91 Å². The van der Waals surface area contributed by atoms with Gasteiger partial charge in [-0.25, -0.2) is 12.7 Å². The van der Waals surface area contributed by atoms with Gasteiger partial charge >= 0.3 is 0 Å². The molecule has 0 saturated carbocycles. The van der Waals surface area contributed by atoms with Crippen LogP contribution in [0.25, 0.3) is 0 Å². The Morgan fingerprint density at radius 2 is 1.61 bits per heavy atom. The first-order valence-corrected chi connectivity index (χ1v) is 10.1. The number of ether oxygens (including phenoxy) is 2. The van der Waals surface area contributed by atoms with Gasteiger partial charge in [0.1, 0.15) is 24.7 Å². The van der Waals surface area contributed by atoms with Crippen LogP contribution in [-0.2, 0) is 10.0 Å². The molecule has 0 aliphatic rings. The molecule has 1 amide bonds. The second-order valence-corrected chi connectivity index (χ2v) is 8.14. The van der Waals surface area contributed by atoms with Crippen molar-refractivity contribution in [2.24, 2.45) is 0 Å². The lowest BCUT2D eigenvalue weighted by Gasteiger charge is -2.12. The molecule has 2 aromatic carbocycles. The second kappa shape index (κ2) is 9.91. The maximum Gasteiger partial charge on any atom is 0.251 e. The summed E-state index contributed by atoms with van der Waals surface area (Å²) in [6, 6.07) is 12.9. The monoisotopic (exact) mass is 404 g/mol.